The van der Waals surface area contributed by atoms with E-state index in [1.54, 1.807) is 18.2 Å². The van der Waals surface area contributed by atoms with Gasteiger partial charge in [-0.3, -0.25) is 9.69 Å². The van der Waals surface area contributed by atoms with E-state index in [4.69, 9.17) is 4.74 Å². The Morgan fingerprint density at radius 3 is 2.75 bits per heavy atom. The van der Waals surface area contributed by atoms with Crippen molar-refractivity contribution in [3.05, 3.63) is 53.8 Å². The van der Waals surface area contributed by atoms with Gasteiger partial charge in [0.25, 0.3) is 0 Å². The van der Waals surface area contributed by atoms with E-state index in [1.807, 2.05) is 18.2 Å². The molecule has 28 heavy (non-hydrogen) atoms. The SMILES string of the molecule is O=C1Cc2cc(OC[C@@H](O)CN3CCN(c4cccc(F)c4)CC3)ccc2N1. The molecule has 6 nitrogen and oxygen atoms in total. The highest BCUT2D eigenvalue weighted by Gasteiger charge is 2.21. The number of hydrogen-bond donors (Lipinski definition) is 2. The first kappa shape index (κ1) is 18.7. The molecule has 1 saturated heterocycles. The summed E-state index contributed by atoms with van der Waals surface area (Å²) >= 11 is 0. The van der Waals surface area contributed by atoms with Gasteiger partial charge in [-0.2, -0.15) is 0 Å². The van der Waals surface area contributed by atoms with Gasteiger partial charge in [0.2, 0.25) is 5.91 Å². The molecule has 1 fully saturated rings. The Morgan fingerprint density at radius 1 is 1.14 bits per heavy atom. The Bertz CT molecular complexity index is 853. The summed E-state index contributed by atoms with van der Waals surface area (Å²) in [7, 11) is 0. The van der Waals surface area contributed by atoms with Gasteiger partial charge in [-0.25, -0.2) is 4.39 Å². The number of anilines is 2. The first-order valence-electron chi connectivity index (χ1n) is 9.53. The van der Waals surface area contributed by atoms with Crippen LogP contribution in [0.15, 0.2) is 42.5 Å². The van der Waals surface area contributed by atoms with Crippen molar-refractivity contribution >= 4 is 17.3 Å². The number of amides is 1. The van der Waals surface area contributed by atoms with Crippen molar-refractivity contribution in [2.24, 2.45) is 0 Å². The van der Waals surface area contributed by atoms with Crippen LogP contribution in [0, 0.1) is 5.82 Å². The second-order valence-corrected chi connectivity index (χ2v) is 7.28. The molecule has 2 aromatic rings. The normalized spacial score (nSPS) is 17.9. The lowest BCUT2D eigenvalue weighted by Crippen LogP contribution is -2.49. The summed E-state index contributed by atoms with van der Waals surface area (Å²) in [6, 6.07) is 12.1. The van der Waals surface area contributed by atoms with Crippen molar-refractivity contribution in [2.75, 3.05) is 49.5 Å². The van der Waals surface area contributed by atoms with Gasteiger partial charge in [0, 0.05) is 44.1 Å². The van der Waals surface area contributed by atoms with Crippen LogP contribution in [0.2, 0.25) is 0 Å². The van der Waals surface area contributed by atoms with Crippen LogP contribution in [-0.4, -0.2) is 61.3 Å². The number of carbonyl (C=O) groups excluding carboxylic acids is 1. The summed E-state index contributed by atoms with van der Waals surface area (Å²) < 4.78 is 19.1. The molecule has 4 rings (SSSR count). The molecule has 0 radical (unpaired) electrons. The molecule has 148 valence electrons. The van der Waals surface area contributed by atoms with E-state index in [2.05, 4.69) is 15.1 Å². The molecule has 1 amide bonds. The van der Waals surface area contributed by atoms with Crippen molar-refractivity contribution in [1.82, 2.24) is 4.90 Å². The van der Waals surface area contributed by atoms with Crippen LogP contribution in [0.25, 0.3) is 0 Å². The zero-order valence-corrected chi connectivity index (χ0v) is 15.6. The monoisotopic (exact) mass is 385 g/mol. The van der Waals surface area contributed by atoms with Crippen molar-refractivity contribution in [1.29, 1.82) is 0 Å². The fraction of sp³-hybridized carbons (Fsp3) is 0.381. The zero-order valence-electron chi connectivity index (χ0n) is 15.6. The van der Waals surface area contributed by atoms with Gasteiger partial charge in [0.1, 0.15) is 24.3 Å². The average molecular weight is 385 g/mol. The van der Waals surface area contributed by atoms with E-state index in [9.17, 15) is 14.3 Å². The molecule has 0 saturated carbocycles. The third-order valence-electron chi connectivity index (χ3n) is 5.16. The van der Waals surface area contributed by atoms with Crippen LogP contribution in [-0.2, 0) is 11.2 Å². The summed E-state index contributed by atoms with van der Waals surface area (Å²) in [4.78, 5) is 15.8. The molecule has 2 aromatic carbocycles. The van der Waals surface area contributed by atoms with Gasteiger partial charge in [0.05, 0.1) is 6.42 Å². The van der Waals surface area contributed by atoms with E-state index in [0.29, 0.717) is 18.7 Å². The highest BCUT2D eigenvalue weighted by Crippen LogP contribution is 2.27. The summed E-state index contributed by atoms with van der Waals surface area (Å²) in [6.45, 7) is 3.93. The van der Waals surface area contributed by atoms with Crippen LogP contribution < -0.4 is 15.0 Å². The minimum Gasteiger partial charge on any atom is -0.491 e. The lowest BCUT2D eigenvalue weighted by Gasteiger charge is -2.36. The second kappa shape index (κ2) is 8.16. The minimum absolute atomic E-state index is 0.00966. The Kier molecular flexibility index (Phi) is 5.45. The fourth-order valence-electron chi connectivity index (χ4n) is 3.70. The van der Waals surface area contributed by atoms with Crippen molar-refractivity contribution in [3.63, 3.8) is 0 Å². The van der Waals surface area contributed by atoms with Gasteiger partial charge in [0.15, 0.2) is 0 Å². The molecule has 2 heterocycles. The fourth-order valence-corrected chi connectivity index (χ4v) is 3.70. The number of rotatable bonds is 6. The maximum absolute atomic E-state index is 13.4. The number of nitrogens with one attached hydrogen (secondary N) is 1. The number of aliphatic hydroxyl groups is 1. The quantitative estimate of drug-likeness (QED) is 0.795. The lowest BCUT2D eigenvalue weighted by molar-refractivity contribution is -0.115. The number of carbonyl (C=O) groups is 1. The number of β-amino-alcohol motifs (C(OH)–C–C–N with tert-alkyl or cyclic N) is 1. The third kappa shape index (κ3) is 4.43. The molecule has 2 N–H and O–H groups in total. The van der Waals surface area contributed by atoms with Gasteiger partial charge in [-0.05, 0) is 42.0 Å². The largest absolute Gasteiger partial charge is 0.491 e. The molecular weight excluding hydrogens is 361 g/mol. The molecule has 2 aliphatic heterocycles. The molecule has 0 aromatic heterocycles. The lowest BCUT2D eigenvalue weighted by atomic mass is 10.1. The predicted molar refractivity (Wildman–Crippen MR) is 105 cm³/mol. The van der Waals surface area contributed by atoms with Crippen molar-refractivity contribution in [3.8, 4) is 5.75 Å². The number of halogens is 1. The standard InChI is InChI=1S/C21H24FN3O3/c22-16-2-1-3-17(12-16)25-8-6-24(7-9-25)13-18(26)14-28-19-4-5-20-15(10-19)11-21(27)23-20/h1-5,10,12,18,26H,6-9,11,13-14H2,(H,23,27)/t18-/m0/s1. The Balaban J connectivity index is 1.22. The van der Waals surface area contributed by atoms with Crippen molar-refractivity contribution in [2.45, 2.75) is 12.5 Å². The van der Waals surface area contributed by atoms with E-state index in [0.717, 1.165) is 43.1 Å². The summed E-state index contributed by atoms with van der Waals surface area (Å²) in [5.41, 5.74) is 2.65. The number of aliphatic hydroxyl groups excluding tert-OH is 1. The van der Waals surface area contributed by atoms with Gasteiger partial charge in [-0.1, -0.05) is 6.07 Å². The highest BCUT2D eigenvalue weighted by atomic mass is 19.1. The van der Waals surface area contributed by atoms with Gasteiger partial charge < -0.3 is 20.1 Å². The molecule has 0 unspecified atom stereocenters. The summed E-state index contributed by atoms with van der Waals surface area (Å²) in [5.74, 6) is 0.425. The maximum atomic E-state index is 13.4. The second-order valence-electron chi connectivity index (χ2n) is 7.28. The third-order valence-corrected chi connectivity index (χ3v) is 5.16. The molecule has 0 bridgehead atoms. The van der Waals surface area contributed by atoms with E-state index in [-0.39, 0.29) is 18.3 Å². The zero-order chi connectivity index (χ0) is 19.5. The molecule has 0 aliphatic carbocycles. The Morgan fingerprint density at radius 2 is 1.96 bits per heavy atom. The smallest absolute Gasteiger partial charge is 0.228 e. The first-order chi connectivity index (χ1) is 13.6. The molecule has 2 aliphatic rings. The first-order valence-corrected chi connectivity index (χ1v) is 9.53. The van der Waals surface area contributed by atoms with Gasteiger partial charge >= 0.3 is 0 Å². The van der Waals surface area contributed by atoms with Crippen LogP contribution in [0.5, 0.6) is 5.75 Å². The van der Waals surface area contributed by atoms with Crippen LogP contribution in [0.3, 0.4) is 0 Å². The summed E-state index contributed by atoms with van der Waals surface area (Å²) in [5, 5.41) is 13.1. The Labute approximate surface area is 163 Å². The van der Waals surface area contributed by atoms with E-state index < -0.39 is 6.10 Å². The van der Waals surface area contributed by atoms with Crippen LogP contribution in [0.1, 0.15) is 5.56 Å². The van der Waals surface area contributed by atoms with Crippen LogP contribution >= 0.6 is 0 Å². The number of fused-ring (bicyclic) bond motifs is 1. The number of ether oxygens (including phenoxy) is 1. The number of benzene rings is 2. The topological polar surface area (TPSA) is 65.0 Å². The van der Waals surface area contributed by atoms with Crippen LogP contribution in [0.4, 0.5) is 15.8 Å². The van der Waals surface area contributed by atoms with Gasteiger partial charge in [-0.15, -0.1) is 0 Å². The maximum Gasteiger partial charge on any atom is 0.228 e. The number of hydrogen-bond acceptors (Lipinski definition) is 5. The highest BCUT2D eigenvalue weighted by molar-refractivity contribution is 5.99. The predicted octanol–water partition coefficient (Wildman–Crippen LogP) is 1.88. The molecule has 1 atom stereocenters. The average Bonchev–Trinajstić information content (AvgIpc) is 3.06. The van der Waals surface area contributed by atoms with E-state index in [1.165, 1.54) is 6.07 Å². The Hall–Kier alpha value is -2.64. The van der Waals surface area contributed by atoms with E-state index >= 15 is 0 Å². The molecule has 0 spiro atoms. The minimum atomic E-state index is -0.603. The van der Waals surface area contributed by atoms with Crippen molar-refractivity contribution < 1.29 is 19.0 Å². The number of nitrogens with zero attached hydrogens (tertiary/aromatic N) is 2. The number of piperazine rings is 1. The molecular formula is C21H24FN3O3. The summed E-state index contributed by atoms with van der Waals surface area (Å²) in [6.07, 6.45) is -0.237. The molecule has 7 heteroatoms.